The number of ether oxygens (including phenoxy) is 1. The molecule has 23 heavy (non-hydrogen) atoms. The highest BCUT2D eigenvalue weighted by Gasteiger charge is 2.34. The third kappa shape index (κ3) is 5.12. The Morgan fingerprint density at radius 2 is 2.13 bits per heavy atom. The van der Waals surface area contributed by atoms with Crippen molar-refractivity contribution in [2.45, 2.75) is 59.1 Å². The Labute approximate surface area is 139 Å². The van der Waals surface area contributed by atoms with Crippen molar-refractivity contribution in [3.05, 3.63) is 23.9 Å². The maximum Gasteiger partial charge on any atom is 0.213 e. The fourth-order valence-corrected chi connectivity index (χ4v) is 2.84. The minimum atomic E-state index is 0.145. The van der Waals surface area contributed by atoms with E-state index in [1.807, 2.05) is 39.2 Å². The zero-order valence-electron chi connectivity index (χ0n) is 14.9. The number of nitrogens with zero attached hydrogens (tertiary/aromatic N) is 2. The van der Waals surface area contributed by atoms with Gasteiger partial charge in [0, 0.05) is 32.4 Å². The predicted molar refractivity (Wildman–Crippen MR) is 94.8 cm³/mol. The number of aromatic nitrogens is 1. The molecule has 5 heteroatoms. The van der Waals surface area contributed by atoms with Crippen LogP contribution < -0.4 is 15.4 Å². The van der Waals surface area contributed by atoms with Gasteiger partial charge in [-0.2, -0.15) is 0 Å². The Bertz CT molecular complexity index is 501. The van der Waals surface area contributed by atoms with Crippen molar-refractivity contribution in [2.75, 3.05) is 13.6 Å². The molecule has 0 aliphatic heterocycles. The molecule has 1 aliphatic carbocycles. The van der Waals surface area contributed by atoms with E-state index in [1.54, 1.807) is 0 Å². The lowest BCUT2D eigenvalue weighted by Gasteiger charge is -2.41. The lowest BCUT2D eigenvalue weighted by atomic mass is 9.67. The molecule has 2 rings (SSSR count). The maximum atomic E-state index is 5.56. The second-order valence-electron chi connectivity index (χ2n) is 6.66. The van der Waals surface area contributed by atoms with Gasteiger partial charge in [-0.3, -0.25) is 4.99 Å². The molecule has 0 aromatic carbocycles. The summed E-state index contributed by atoms with van der Waals surface area (Å²) in [4.78, 5) is 8.63. The molecule has 2 N–H and O–H groups in total. The second-order valence-corrected chi connectivity index (χ2v) is 6.66. The van der Waals surface area contributed by atoms with Crippen molar-refractivity contribution in [3.8, 4) is 5.88 Å². The van der Waals surface area contributed by atoms with E-state index in [9.17, 15) is 0 Å². The quantitative estimate of drug-likeness (QED) is 0.599. The van der Waals surface area contributed by atoms with Crippen LogP contribution in [0.4, 0.5) is 0 Å². The molecule has 1 aromatic heterocycles. The number of guanidine groups is 1. The van der Waals surface area contributed by atoms with E-state index in [4.69, 9.17) is 4.74 Å². The van der Waals surface area contributed by atoms with Crippen LogP contribution in [0.25, 0.3) is 0 Å². The summed E-state index contributed by atoms with van der Waals surface area (Å²) in [5.74, 6) is 1.52. The van der Waals surface area contributed by atoms with Gasteiger partial charge in [-0.15, -0.1) is 0 Å². The number of nitrogens with one attached hydrogen (secondary N) is 2. The van der Waals surface area contributed by atoms with E-state index < -0.39 is 0 Å². The van der Waals surface area contributed by atoms with Crippen molar-refractivity contribution in [1.29, 1.82) is 0 Å². The van der Waals surface area contributed by atoms with Gasteiger partial charge in [0.05, 0.1) is 6.10 Å². The summed E-state index contributed by atoms with van der Waals surface area (Å²) in [5, 5.41) is 6.81. The van der Waals surface area contributed by atoms with E-state index in [0.29, 0.717) is 17.8 Å². The Morgan fingerprint density at radius 1 is 1.35 bits per heavy atom. The van der Waals surface area contributed by atoms with Crippen LogP contribution in [0, 0.1) is 5.41 Å². The van der Waals surface area contributed by atoms with Gasteiger partial charge in [-0.05, 0) is 44.1 Å². The monoisotopic (exact) mass is 318 g/mol. The average molecular weight is 318 g/mol. The minimum absolute atomic E-state index is 0.145. The van der Waals surface area contributed by atoms with Crippen LogP contribution in [-0.2, 0) is 6.54 Å². The third-order valence-corrected chi connectivity index (χ3v) is 4.63. The SMILES string of the molecule is CCC1(CNC(=NC)NCc2ccc(OC(C)C)nc2)CCC1. The molecular formula is C18H30N4O. The van der Waals surface area contributed by atoms with E-state index in [-0.39, 0.29) is 6.10 Å². The lowest BCUT2D eigenvalue weighted by molar-refractivity contribution is 0.131. The fourth-order valence-electron chi connectivity index (χ4n) is 2.84. The van der Waals surface area contributed by atoms with Crippen LogP contribution >= 0.6 is 0 Å². The first-order valence-electron chi connectivity index (χ1n) is 8.63. The fraction of sp³-hybridized carbons (Fsp3) is 0.667. The van der Waals surface area contributed by atoms with Crippen LogP contribution in [0.5, 0.6) is 5.88 Å². The molecule has 0 saturated heterocycles. The van der Waals surface area contributed by atoms with Gasteiger partial charge in [-0.25, -0.2) is 4.98 Å². The van der Waals surface area contributed by atoms with Gasteiger partial charge < -0.3 is 15.4 Å². The van der Waals surface area contributed by atoms with Crippen LogP contribution in [0.15, 0.2) is 23.3 Å². The number of hydrogen-bond donors (Lipinski definition) is 2. The Hall–Kier alpha value is -1.78. The highest BCUT2D eigenvalue weighted by molar-refractivity contribution is 5.79. The van der Waals surface area contributed by atoms with Crippen LogP contribution in [0.2, 0.25) is 0 Å². The predicted octanol–water partition coefficient (Wildman–Crippen LogP) is 3.11. The molecule has 0 atom stereocenters. The molecule has 0 amide bonds. The number of pyridine rings is 1. The molecular weight excluding hydrogens is 288 g/mol. The topological polar surface area (TPSA) is 58.5 Å². The van der Waals surface area contributed by atoms with E-state index in [1.165, 1.54) is 25.7 Å². The molecule has 128 valence electrons. The summed E-state index contributed by atoms with van der Waals surface area (Å²) in [6, 6.07) is 3.94. The number of aliphatic imine (C=N–C) groups is 1. The lowest BCUT2D eigenvalue weighted by Crippen LogP contribution is -2.46. The molecule has 1 aliphatic rings. The zero-order chi connectivity index (χ0) is 16.7. The molecule has 0 bridgehead atoms. The van der Waals surface area contributed by atoms with Crippen molar-refractivity contribution in [1.82, 2.24) is 15.6 Å². The first kappa shape index (κ1) is 17.6. The Morgan fingerprint density at radius 3 is 2.61 bits per heavy atom. The van der Waals surface area contributed by atoms with Crippen LogP contribution in [-0.4, -0.2) is 30.6 Å². The summed E-state index contributed by atoms with van der Waals surface area (Å²) in [5.41, 5.74) is 1.59. The zero-order valence-corrected chi connectivity index (χ0v) is 14.9. The van der Waals surface area contributed by atoms with Crippen molar-refractivity contribution >= 4 is 5.96 Å². The molecule has 5 nitrogen and oxygen atoms in total. The highest BCUT2D eigenvalue weighted by Crippen LogP contribution is 2.42. The van der Waals surface area contributed by atoms with Crippen LogP contribution in [0.1, 0.15) is 52.0 Å². The van der Waals surface area contributed by atoms with E-state index >= 15 is 0 Å². The summed E-state index contributed by atoms with van der Waals surface area (Å²) < 4.78 is 5.56. The van der Waals surface area contributed by atoms with Gasteiger partial charge in [0.2, 0.25) is 5.88 Å². The molecule has 1 fully saturated rings. The number of hydrogen-bond acceptors (Lipinski definition) is 3. The smallest absolute Gasteiger partial charge is 0.213 e. The molecule has 1 saturated carbocycles. The molecule has 1 aromatic rings. The second kappa shape index (κ2) is 8.18. The largest absolute Gasteiger partial charge is 0.475 e. The Balaban J connectivity index is 1.78. The highest BCUT2D eigenvalue weighted by atomic mass is 16.5. The van der Waals surface area contributed by atoms with Crippen LogP contribution in [0.3, 0.4) is 0 Å². The molecule has 0 radical (unpaired) electrons. The van der Waals surface area contributed by atoms with E-state index in [0.717, 1.165) is 18.1 Å². The summed E-state index contributed by atoms with van der Waals surface area (Å²) in [6.07, 6.45) is 7.24. The van der Waals surface area contributed by atoms with E-state index in [2.05, 4.69) is 27.5 Å². The van der Waals surface area contributed by atoms with Crippen molar-refractivity contribution in [3.63, 3.8) is 0 Å². The maximum absolute atomic E-state index is 5.56. The first-order valence-corrected chi connectivity index (χ1v) is 8.63. The molecule has 1 heterocycles. The van der Waals surface area contributed by atoms with Gasteiger partial charge in [0.15, 0.2) is 5.96 Å². The minimum Gasteiger partial charge on any atom is -0.475 e. The summed E-state index contributed by atoms with van der Waals surface area (Å²) in [7, 11) is 1.81. The van der Waals surface area contributed by atoms with Gasteiger partial charge in [0.1, 0.15) is 0 Å². The Kier molecular flexibility index (Phi) is 6.25. The first-order chi connectivity index (χ1) is 11.1. The summed E-state index contributed by atoms with van der Waals surface area (Å²) >= 11 is 0. The van der Waals surface area contributed by atoms with Gasteiger partial charge >= 0.3 is 0 Å². The third-order valence-electron chi connectivity index (χ3n) is 4.63. The molecule has 0 unspecified atom stereocenters. The molecule has 0 spiro atoms. The van der Waals surface area contributed by atoms with Crippen molar-refractivity contribution < 1.29 is 4.74 Å². The van der Waals surface area contributed by atoms with Crippen molar-refractivity contribution in [2.24, 2.45) is 10.4 Å². The van der Waals surface area contributed by atoms with Gasteiger partial charge in [0.25, 0.3) is 0 Å². The number of rotatable bonds is 7. The normalized spacial score (nSPS) is 16.8. The standard InChI is InChI=1S/C18H30N4O/c1-5-18(9-6-10-18)13-22-17(19-4)21-12-15-7-8-16(20-11-15)23-14(2)3/h7-8,11,14H,5-6,9-10,12-13H2,1-4H3,(H2,19,21,22). The average Bonchev–Trinajstić information content (AvgIpc) is 2.50. The van der Waals surface area contributed by atoms with Gasteiger partial charge in [-0.1, -0.05) is 19.4 Å². The summed E-state index contributed by atoms with van der Waals surface area (Å²) in [6.45, 7) is 7.98.